The summed E-state index contributed by atoms with van der Waals surface area (Å²) in [7, 11) is -0.637. The van der Waals surface area contributed by atoms with Crippen molar-refractivity contribution in [3.63, 3.8) is 0 Å². The molecule has 0 heterocycles. The first kappa shape index (κ1) is 16.4. The van der Waals surface area contributed by atoms with Crippen molar-refractivity contribution < 1.29 is 22.7 Å². The zero-order valence-electron chi connectivity index (χ0n) is 12.8. The Hall–Kier alpha value is -1.96. The van der Waals surface area contributed by atoms with Gasteiger partial charge in [0, 0.05) is 12.1 Å². The molecule has 0 radical (unpaired) electrons. The molecule has 0 aromatic heterocycles. The fraction of sp³-hybridized carbons (Fsp3) is 0.500. The number of nitrogens with one attached hydrogen (secondary N) is 1. The molecule has 1 aliphatic rings. The zero-order chi connectivity index (χ0) is 16.3. The van der Waals surface area contributed by atoms with E-state index in [-0.39, 0.29) is 18.5 Å². The van der Waals surface area contributed by atoms with Gasteiger partial charge in [-0.05, 0) is 25.0 Å². The van der Waals surface area contributed by atoms with E-state index in [4.69, 9.17) is 9.47 Å². The molecular formula is C14H20N2O5S. The molecule has 8 heteroatoms. The molecule has 0 unspecified atom stereocenters. The molecule has 1 fully saturated rings. The summed E-state index contributed by atoms with van der Waals surface area (Å²) in [5.41, 5.74) is 0.353. The molecule has 0 saturated heterocycles. The molecule has 1 N–H and O–H groups in total. The molecule has 0 atom stereocenters. The third-order valence-electron chi connectivity index (χ3n) is 3.29. The second-order valence-corrected chi connectivity index (χ2v) is 7.06. The first-order valence-electron chi connectivity index (χ1n) is 6.84. The molecule has 0 bridgehead atoms. The van der Waals surface area contributed by atoms with Gasteiger partial charge in [0.25, 0.3) is 0 Å². The minimum Gasteiger partial charge on any atom is -0.493 e. The van der Waals surface area contributed by atoms with E-state index in [1.807, 2.05) is 0 Å². The number of rotatable bonds is 7. The van der Waals surface area contributed by atoms with E-state index in [1.54, 1.807) is 12.1 Å². The number of methoxy groups -OCH3 is 2. The van der Waals surface area contributed by atoms with Crippen molar-refractivity contribution in [3.05, 3.63) is 18.2 Å². The first-order chi connectivity index (χ1) is 10.3. The summed E-state index contributed by atoms with van der Waals surface area (Å²) in [6.45, 7) is -0.259. The molecular weight excluding hydrogens is 308 g/mol. The van der Waals surface area contributed by atoms with Gasteiger partial charge >= 0.3 is 0 Å². The van der Waals surface area contributed by atoms with Crippen molar-refractivity contribution in [2.45, 2.75) is 18.9 Å². The van der Waals surface area contributed by atoms with Gasteiger partial charge in [0.1, 0.15) is 6.54 Å². The summed E-state index contributed by atoms with van der Waals surface area (Å²) < 4.78 is 35.3. The molecule has 1 aliphatic carbocycles. The molecule has 0 aliphatic heterocycles. The highest BCUT2D eigenvalue weighted by Crippen LogP contribution is 2.32. The van der Waals surface area contributed by atoms with Gasteiger partial charge in [-0.3, -0.25) is 9.10 Å². The fourth-order valence-corrected chi connectivity index (χ4v) is 2.86. The molecule has 22 heavy (non-hydrogen) atoms. The maximum absolute atomic E-state index is 12.0. The van der Waals surface area contributed by atoms with E-state index in [0.717, 1.165) is 23.4 Å². The highest BCUT2D eigenvalue weighted by atomic mass is 32.2. The summed E-state index contributed by atoms with van der Waals surface area (Å²) >= 11 is 0. The van der Waals surface area contributed by atoms with Crippen LogP contribution in [0.25, 0.3) is 0 Å². The lowest BCUT2D eigenvalue weighted by Gasteiger charge is -2.22. The zero-order valence-corrected chi connectivity index (χ0v) is 13.6. The lowest BCUT2D eigenvalue weighted by molar-refractivity contribution is -0.119. The molecule has 122 valence electrons. The normalized spacial score (nSPS) is 14.3. The Balaban J connectivity index is 2.26. The Morgan fingerprint density at radius 3 is 2.41 bits per heavy atom. The summed E-state index contributed by atoms with van der Waals surface area (Å²) in [6, 6.07) is 4.89. The van der Waals surface area contributed by atoms with Crippen molar-refractivity contribution in [3.8, 4) is 11.5 Å². The maximum atomic E-state index is 12.0. The molecule has 1 amide bonds. The van der Waals surface area contributed by atoms with Crippen molar-refractivity contribution >= 4 is 21.6 Å². The third-order valence-corrected chi connectivity index (χ3v) is 4.43. The monoisotopic (exact) mass is 328 g/mol. The second-order valence-electron chi connectivity index (χ2n) is 5.15. The van der Waals surface area contributed by atoms with Crippen molar-refractivity contribution in [2.75, 3.05) is 31.3 Å². The first-order valence-corrected chi connectivity index (χ1v) is 8.69. The van der Waals surface area contributed by atoms with Crippen LogP contribution in [0.4, 0.5) is 5.69 Å². The molecule has 7 nitrogen and oxygen atoms in total. The lowest BCUT2D eigenvalue weighted by Crippen LogP contribution is -2.41. The van der Waals surface area contributed by atoms with Gasteiger partial charge < -0.3 is 14.8 Å². The smallest absolute Gasteiger partial charge is 0.240 e. The Morgan fingerprint density at radius 2 is 1.91 bits per heavy atom. The molecule has 1 saturated carbocycles. The van der Waals surface area contributed by atoms with Crippen LogP contribution in [0.5, 0.6) is 11.5 Å². The van der Waals surface area contributed by atoms with Crippen LogP contribution in [0, 0.1) is 0 Å². The average Bonchev–Trinajstić information content (AvgIpc) is 3.26. The minimum atomic E-state index is -3.60. The van der Waals surface area contributed by atoms with Crippen LogP contribution >= 0.6 is 0 Å². The van der Waals surface area contributed by atoms with Crippen molar-refractivity contribution in [1.29, 1.82) is 0 Å². The molecule has 2 rings (SSSR count). The highest BCUT2D eigenvalue weighted by molar-refractivity contribution is 7.92. The van der Waals surface area contributed by atoms with E-state index in [9.17, 15) is 13.2 Å². The van der Waals surface area contributed by atoms with Crippen LogP contribution in [0.2, 0.25) is 0 Å². The Morgan fingerprint density at radius 1 is 1.27 bits per heavy atom. The molecule has 1 aromatic carbocycles. The van der Waals surface area contributed by atoms with E-state index >= 15 is 0 Å². The third kappa shape index (κ3) is 4.03. The Labute approximate surface area is 130 Å². The quantitative estimate of drug-likeness (QED) is 0.798. The Kier molecular flexibility index (Phi) is 4.80. The van der Waals surface area contributed by atoms with Crippen LogP contribution in [-0.2, 0) is 14.8 Å². The van der Waals surface area contributed by atoms with Gasteiger partial charge in [0.15, 0.2) is 11.5 Å². The van der Waals surface area contributed by atoms with Gasteiger partial charge in [-0.25, -0.2) is 8.42 Å². The maximum Gasteiger partial charge on any atom is 0.240 e. The number of anilines is 1. The van der Waals surface area contributed by atoms with Crippen LogP contribution in [0.3, 0.4) is 0 Å². The predicted octanol–water partition coefficient (Wildman–Crippen LogP) is 0.748. The summed E-state index contributed by atoms with van der Waals surface area (Å²) in [6.07, 6.45) is 2.95. The highest BCUT2D eigenvalue weighted by Gasteiger charge is 2.27. The van der Waals surface area contributed by atoms with Crippen molar-refractivity contribution in [2.24, 2.45) is 0 Å². The number of hydrogen-bond donors (Lipinski definition) is 1. The van der Waals surface area contributed by atoms with Crippen LogP contribution in [0.1, 0.15) is 12.8 Å². The van der Waals surface area contributed by atoms with Crippen LogP contribution in [0.15, 0.2) is 18.2 Å². The van der Waals surface area contributed by atoms with Crippen LogP contribution < -0.4 is 19.1 Å². The molecule has 1 aromatic rings. The lowest BCUT2D eigenvalue weighted by atomic mass is 10.2. The number of nitrogens with zero attached hydrogens (tertiary/aromatic N) is 1. The second kappa shape index (κ2) is 6.43. The summed E-state index contributed by atoms with van der Waals surface area (Å²) in [5, 5.41) is 2.78. The number of hydrogen-bond acceptors (Lipinski definition) is 5. The summed E-state index contributed by atoms with van der Waals surface area (Å²) in [4.78, 5) is 11.9. The van der Waals surface area contributed by atoms with Gasteiger partial charge in [-0.1, -0.05) is 0 Å². The van der Waals surface area contributed by atoms with Gasteiger partial charge in [-0.2, -0.15) is 0 Å². The van der Waals surface area contributed by atoms with E-state index in [2.05, 4.69) is 5.32 Å². The van der Waals surface area contributed by atoms with E-state index < -0.39 is 10.0 Å². The fourth-order valence-electron chi connectivity index (χ4n) is 2.01. The number of carbonyl (C=O) groups is 1. The Bertz CT molecular complexity index is 655. The predicted molar refractivity (Wildman–Crippen MR) is 82.9 cm³/mol. The SMILES string of the molecule is COc1ccc(N(CC(=O)NC2CC2)S(C)(=O)=O)cc1OC. The topological polar surface area (TPSA) is 84.9 Å². The van der Waals surface area contributed by atoms with Gasteiger partial charge in [-0.15, -0.1) is 0 Å². The van der Waals surface area contributed by atoms with E-state index in [1.165, 1.54) is 20.3 Å². The van der Waals surface area contributed by atoms with Gasteiger partial charge in [0.05, 0.1) is 26.2 Å². The van der Waals surface area contributed by atoms with Crippen LogP contribution in [-0.4, -0.2) is 47.4 Å². The standard InChI is InChI=1S/C14H20N2O5S/c1-20-12-7-6-11(8-13(12)21-2)16(22(3,18)19)9-14(17)15-10-4-5-10/h6-8,10H,4-5,9H2,1-3H3,(H,15,17). The number of carbonyl (C=O) groups excluding carboxylic acids is 1. The van der Waals surface area contributed by atoms with Gasteiger partial charge in [0.2, 0.25) is 15.9 Å². The number of sulfonamides is 1. The average molecular weight is 328 g/mol. The number of benzene rings is 1. The van der Waals surface area contributed by atoms with E-state index in [0.29, 0.717) is 17.2 Å². The largest absolute Gasteiger partial charge is 0.493 e. The number of amides is 1. The van der Waals surface area contributed by atoms with Crippen molar-refractivity contribution in [1.82, 2.24) is 5.32 Å². The molecule has 0 spiro atoms. The summed E-state index contributed by atoms with van der Waals surface area (Å²) in [5.74, 6) is 0.570. The number of ether oxygens (including phenoxy) is 2. The minimum absolute atomic E-state index is 0.180.